The highest BCUT2D eigenvalue weighted by molar-refractivity contribution is 6.09. The van der Waals surface area contributed by atoms with E-state index in [0.717, 1.165) is 23.3 Å². The number of carbonyl (C=O) groups is 3. The number of carbonyl (C=O) groups excluding carboxylic acids is 3. The number of hydrogen-bond donors (Lipinski definition) is 2. The van der Waals surface area contributed by atoms with E-state index in [0.29, 0.717) is 18.3 Å². The maximum absolute atomic E-state index is 13.1. The third-order valence-corrected chi connectivity index (χ3v) is 6.33. The maximum Gasteiger partial charge on any atom is 0.325 e. The molecule has 0 aromatic heterocycles. The fourth-order valence-electron chi connectivity index (χ4n) is 4.31. The Bertz CT molecular complexity index is 721. The quantitative estimate of drug-likeness (QED) is 0.781. The van der Waals surface area contributed by atoms with E-state index in [1.165, 1.54) is 6.42 Å². The van der Waals surface area contributed by atoms with Crippen LogP contribution in [0.1, 0.15) is 52.0 Å². The summed E-state index contributed by atoms with van der Waals surface area (Å²) in [7, 11) is 0. The number of hydrogen-bond acceptors (Lipinski definition) is 3. The molecule has 2 N–H and O–H groups in total. The zero-order valence-electron chi connectivity index (χ0n) is 16.3. The molecule has 4 atom stereocenters. The smallest absolute Gasteiger partial charge is 0.325 e. The maximum atomic E-state index is 13.1. The molecule has 146 valence electrons. The number of nitrogens with one attached hydrogen (secondary N) is 2. The number of imide groups is 1. The van der Waals surface area contributed by atoms with Crippen molar-refractivity contribution >= 4 is 17.8 Å². The summed E-state index contributed by atoms with van der Waals surface area (Å²) >= 11 is 0. The van der Waals surface area contributed by atoms with Gasteiger partial charge >= 0.3 is 6.03 Å². The Morgan fingerprint density at radius 1 is 1.22 bits per heavy atom. The van der Waals surface area contributed by atoms with Crippen LogP contribution in [0, 0.1) is 11.8 Å². The zero-order valence-corrected chi connectivity index (χ0v) is 16.3. The molecule has 0 bridgehead atoms. The second-order valence-electron chi connectivity index (χ2n) is 7.89. The minimum atomic E-state index is -1.09. The van der Waals surface area contributed by atoms with Crippen LogP contribution >= 0.6 is 0 Å². The van der Waals surface area contributed by atoms with Gasteiger partial charge in [-0.15, -0.1) is 0 Å². The SMILES string of the molecule is CC[C@@]1(c2ccccc2)NC(=O)N(CC(=O)N[C@@H]2CCC[C@H](C)[C@@H]2C)C1=O. The van der Waals surface area contributed by atoms with Crippen molar-refractivity contribution in [2.75, 3.05) is 6.54 Å². The van der Waals surface area contributed by atoms with Crippen LogP contribution in [0.15, 0.2) is 30.3 Å². The summed E-state index contributed by atoms with van der Waals surface area (Å²) in [5.74, 6) is 0.322. The molecule has 0 unspecified atom stereocenters. The molecule has 1 aliphatic heterocycles. The van der Waals surface area contributed by atoms with Crippen molar-refractivity contribution in [1.82, 2.24) is 15.5 Å². The van der Waals surface area contributed by atoms with Crippen LogP contribution in [0.4, 0.5) is 4.79 Å². The lowest BCUT2D eigenvalue weighted by Gasteiger charge is -2.34. The van der Waals surface area contributed by atoms with Crippen molar-refractivity contribution < 1.29 is 14.4 Å². The molecule has 1 saturated heterocycles. The number of urea groups is 1. The lowest BCUT2D eigenvalue weighted by Crippen LogP contribution is -2.49. The van der Waals surface area contributed by atoms with Gasteiger partial charge in [0.2, 0.25) is 5.91 Å². The van der Waals surface area contributed by atoms with Gasteiger partial charge in [-0.05, 0) is 30.2 Å². The summed E-state index contributed by atoms with van der Waals surface area (Å²) in [6, 6.07) is 8.80. The molecular weight excluding hydrogens is 342 g/mol. The first kappa shape index (κ1) is 19.4. The highest BCUT2D eigenvalue weighted by atomic mass is 16.2. The fourth-order valence-corrected chi connectivity index (χ4v) is 4.31. The van der Waals surface area contributed by atoms with Crippen LogP contribution in [0.5, 0.6) is 0 Å². The molecule has 2 fully saturated rings. The van der Waals surface area contributed by atoms with Gasteiger partial charge in [-0.3, -0.25) is 14.5 Å². The monoisotopic (exact) mass is 371 g/mol. The normalized spacial score (nSPS) is 30.9. The summed E-state index contributed by atoms with van der Waals surface area (Å²) in [5, 5.41) is 5.85. The summed E-state index contributed by atoms with van der Waals surface area (Å²) in [6.07, 6.45) is 3.64. The minimum Gasteiger partial charge on any atom is -0.352 e. The Morgan fingerprint density at radius 3 is 2.59 bits per heavy atom. The molecule has 1 heterocycles. The van der Waals surface area contributed by atoms with Crippen molar-refractivity contribution in [2.24, 2.45) is 11.8 Å². The second kappa shape index (κ2) is 7.71. The lowest BCUT2D eigenvalue weighted by atomic mass is 9.78. The van der Waals surface area contributed by atoms with Gasteiger partial charge in [-0.1, -0.05) is 63.9 Å². The standard InChI is InChI=1S/C21H29N3O3/c1-4-21(16-10-6-5-7-11-16)19(26)24(20(27)23-21)13-18(25)22-17-12-8-9-14(2)15(17)3/h5-7,10-11,14-15,17H,4,8-9,12-13H2,1-3H3,(H,22,25)(H,23,27)/t14-,15-,17+,21-/m0/s1. The number of rotatable bonds is 5. The molecular formula is C21H29N3O3. The van der Waals surface area contributed by atoms with Crippen molar-refractivity contribution in [1.29, 1.82) is 0 Å². The topological polar surface area (TPSA) is 78.5 Å². The first-order valence-corrected chi connectivity index (χ1v) is 9.88. The molecule has 6 nitrogen and oxygen atoms in total. The molecule has 1 aliphatic carbocycles. The van der Waals surface area contributed by atoms with E-state index in [1.807, 2.05) is 37.3 Å². The molecule has 1 saturated carbocycles. The Kier molecular flexibility index (Phi) is 5.53. The van der Waals surface area contributed by atoms with Crippen molar-refractivity contribution in [3.8, 4) is 0 Å². The van der Waals surface area contributed by atoms with Crippen LogP contribution in [-0.4, -0.2) is 35.3 Å². The van der Waals surface area contributed by atoms with Gasteiger partial charge in [0.25, 0.3) is 5.91 Å². The summed E-state index contributed by atoms with van der Waals surface area (Å²) < 4.78 is 0. The highest BCUT2D eigenvalue weighted by Gasteiger charge is 2.51. The molecule has 1 aromatic carbocycles. The molecule has 1 aromatic rings. The van der Waals surface area contributed by atoms with Gasteiger partial charge in [0.1, 0.15) is 12.1 Å². The van der Waals surface area contributed by atoms with Gasteiger partial charge in [0.05, 0.1) is 0 Å². The molecule has 2 aliphatic rings. The van der Waals surface area contributed by atoms with Crippen LogP contribution in [0.3, 0.4) is 0 Å². The van der Waals surface area contributed by atoms with Crippen molar-refractivity contribution in [3.63, 3.8) is 0 Å². The summed E-state index contributed by atoms with van der Waals surface area (Å²) in [4.78, 5) is 39.2. The minimum absolute atomic E-state index is 0.104. The van der Waals surface area contributed by atoms with Gasteiger partial charge in [-0.25, -0.2) is 4.79 Å². The van der Waals surface area contributed by atoms with Crippen LogP contribution in [0.25, 0.3) is 0 Å². The van der Waals surface area contributed by atoms with E-state index >= 15 is 0 Å². The average Bonchev–Trinajstić information content (AvgIpc) is 2.91. The largest absolute Gasteiger partial charge is 0.352 e. The molecule has 0 radical (unpaired) electrons. The van der Waals surface area contributed by atoms with Crippen LogP contribution in [0.2, 0.25) is 0 Å². The first-order valence-electron chi connectivity index (χ1n) is 9.88. The van der Waals surface area contributed by atoms with E-state index in [1.54, 1.807) is 0 Å². The van der Waals surface area contributed by atoms with E-state index in [4.69, 9.17) is 0 Å². The molecule has 3 rings (SSSR count). The molecule has 0 spiro atoms. The number of amides is 4. The summed E-state index contributed by atoms with van der Waals surface area (Å²) in [5.41, 5.74) is -0.353. The van der Waals surface area contributed by atoms with E-state index in [-0.39, 0.29) is 24.4 Å². The Labute approximate surface area is 160 Å². The van der Waals surface area contributed by atoms with Gasteiger partial charge in [0, 0.05) is 6.04 Å². The first-order chi connectivity index (χ1) is 12.9. The summed E-state index contributed by atoms with van der Waals surface area (Å²) in [6.45, 7) is 5.98. The van der Waals surface area contributed by atoms with Crippen LogP contribution in [-0.2, 0) is 15.1 Å². The van der Waals surface area contributed by atoms with Crippen LogP contribution < -0.4 is 10.6 Å². The third kappa shape index (κ3) is 3.57. The van der Waals surface area contributed by atoms with Gasteiger partial charge in [0.15, 0.2) is 0 Å². The highest BCUT2D eigenvalue weighted by Crippen LogP contribution is 2.32. The zero-order chi connectivity index (χ0) is 19.6. The van der Waals surface area contributed by atoms with E-state index < -0.39 is 11.6 Å². The molecule has 27 heavy (non-hydrogen) atoms. The Balaban J connectivity index is 1.71. The fraction of sp³-hybridized carbons (Fsp3) is 0.571. The average molecular weight is 371 g/mol. The van der Waals surface area contributed by atoms with Crippen molar-refractivity contribution in [2.45, 2.75) is 58.0 Å². The van der Waals surface area contributed by atoms with Gasteiger partial charge in [-0.2, -0.15) is 0 Å². The number of benzene rings is 1. The predicted molar refractivity (Wildman–Crippen MR) is 103 cm³/mol. The van der Waals surface area contributed by atoms with Crippen molar-refractivity contribution in [3.05, 3.63) is 35.9 Å². The lowest BCUT2D eigenvalue weighted by molar-refractivity contribution is -0.135. The van der Waals surface area contributed by atoms with E-state index in [9.17, 15) is 14.4 Å². The predicted octanol–water partition coefficient (Wildman–Crippen LogP) is 2.78. The second-order valence-corrected chi connectivity index (χ2v) is 7.89. The molecule has 4 amide bonds. The number of nitrogens with zero attached hydrogens (tertiary/aromatic N) is 1. The van der Waals surface area contributed by atoms with Gasteiger partial charge < -0.3 is 10.6 Å². The third-order valence-electron chi connectivity index (χ3n) is 6.33. The van der Waals surface area contributed by atoms with E-state index in [2.05, 4.69) is 24.5 Å². The Morgan fingerprint density at radius 2 is 1.93 bits per heavy atom. The molecule has 6 heteroatoms. The Hall–Kier alpha value is -2.37.